The molecular weight excluding hydrogens is 378 g/mol. The third kappa shape index (κ3) is 6.16. The molecule has 0 amide bonds. The number of sulfonamides is 1. The number of likely N-dealkylation sites (tertiary alicyclic amines) is 1. The second kappa shape index (κ2) is 10.2. The summed E-state index contributed by atoms with van der Waals surface area (Å²) >= 11 is 0. The third-order valence-corrected chi connectivity index (χ3v) is 6.56. The Labute approximate surface area is 168 Å². The van der Waals surface area contributed by atoms with Crippen LogP contribution in [0.1, 0.15) is 12.0 Å². The van der Waals surface area contributed by atoms with E-state index in [0.717, 1.165) is 57.3 Å². The molecule has 1 atom stereocenters. The number of hydrogen-bond donors (Lipinski definition) is 2. The van der Waals surface area contributed by atoms with Crippen LogP contribution in [0.2, 0.25) is 0 Å². The summed E-state index contributed by atoms with van der Waals surface area (Å²) in [6.07, 6.45) is 1.09. The summed E-state index contributed by atoms with van der Waals surface area (Å²) < 4.78 is 32.5. The highest BCUT2D eigenvalue weighted by Crippen LogP contribution is 2.17. The molecule has 1 unspecified atom stereocenters. The second-order valence-corrected chi connectivity index (χ2v) is 9.06. The van der Waals surface area contributed by atoms with Gasteiger partial charge in [-0.2, -0.15) is 0 Å². The zero-order valence-electron chi connectivity index (χ0n) is 16.5. The Morgan fingerprint density at radius 3 is 2.68 bits per heavy atom. The number of nitrogens with one attached hydrogen (secondary N) is 2. The van der Waals surface area contributed by atoms with Gasteiger partial charge in [-0.05, 0) is 12.0 Å². The van der Waals surface area contributed by atoms with Crippen LogP contribution >= 0.6 is 0 Å². The van der Waals surface area contributed by atoms with Gasteiger partial charge in [-0.3, -0.25) is 9.89 Å². The zero-order chi connectivity index (χ0) is 19.8. The quantitative estimate of drug-likeness (QED) is 0.490. The van der Waals surface area contributed by atoms with Gasteiger partial charge in [-0.1, -0.05) is 30.3 Å². The molecule has 3 rings (SSSR count). The van der Waals surface area contributed by atoms with E-state index in [0.29, 0.717) is 19.1 Å². The van der Waals surface area contributed by atoms with Crippen molar-refractivity contribution in [3.05, 3.63) is 35.9 Å². The number of guanidine groups is 1. The molecule has 9 heteroatoms. The molecule has 0 spiro atoms. The van der Waals surface area contributed by atoms with Crippen LogP contribution in [0.5, 0.6) is 0 Å². The molecule has 0 bridgehead atoms. The van der Waals surface area contributed by atoms with Gasteiger partial charge in [0, 0.05) is 52.4 Å². The van der Waals surface area contributed by atoms with Gasteiger partial charge in [0.05, 0.1) is 19.0 Å². The lowest BCUT2D eigenvalue weighted by Crippen LogP contribution is -2.47. The molecule has 2 N–H and O–H groups in total. The summed E-state index contributed by atoms with van der Waals surface area (Å²) in [6.45, 7) is 6.06. The normalized spacial score (nSPS) is 21.8. The van der Waals surface area contributed by atoms with Crippen LogP contribution in [0.4, 0.5) is 0 Å². The highest BCUT2D eigenvalue weighted by atomic mass is 32.2. The Morgan fingerprint density at radius 2 is 1.96 bits per heavy atom. The van der Waals surface area contributed by atoms with E-state index in [1.807, 2.05) is 30.3 Å². The Bertz CT molecular complexity index is 735. The number of nitrogens with zero attached hydrogens (tertiary/aromatic N) is 3. The van der Waals surface area contributed by atoms with E-state index in [2.05, 4.69) is 24.8 Å². The van der Waals surface area contributed by atoms with Crippen LogP contribution in [-0.2, 0) is 21.3 Å². The summed E-state index contributed by atoms with van der Waals surface area (Å²) in [4.78, 5) is 9.03. The van der Waals surface area contributed by atoms with Crippen LogP contribution in [-0.4, -0.2) is 89.0 Å². The van der Waals surface area contributed by atoms with Gasteiger partial charge >= 0.3 is 0 Å². The van der Waals surface area contributed by atoms with Crippen LogP contribution in [0.25, 0.3) is 0 Å². The number of ether oxygens (including phenoxy) is 1. The topological polar surface area (TPSA) is 86.3 Å². The van der Waals surface area contributed by atoms with E-state index in [4.69, 9.17) is 4.74 Å². The molecule has 0 aromatic heterocycles. The van der Waals surface area contributed by atoms with E-state index >= 15 is 0 Å². The fourth-order valence-electron chi connectivity index (χ4n) is 3.67. The van der Waals surface area contributed by atoms with Crippen LogP contribution in [0.15, 0.2) is 35.3 Å². The van der Waals surface area contributed by atoms with E-state index < -0.39 is 10.0 Å². The molecule has 156 valence electrons. The largest absolute Gasteiger partial charge is 0.379 e. The summed E-state index contributed by atoms with van der Waals surface area (Å²) in [6, 6.07) is 10.0. The second-order valence-electron chi connectivity index (χ2n) is 7.14. The maximum Gasteiger partial charge on any atom is 0.213 e. The number of benzene rings is 1. The lowest BCUT2D eigenvalue weighted by molar-refractivity contribution is 0.0195. The lowest BCUT2D eigenvalue weighted by atomic mass is 10.2. The van der Waals surface area contributed by atoms with Gasteiger partial charge in [-0.25, -0.2) is 13.1 Å². The van der Waals surface area contributed by atoms with Crippen LogP contribution < -0.4 is 10.0 Å². The molecule has 2 aliphatic heterocycles. The van der Waals surface area contributed by atoms with Crippen LogP contribution in [0, 0.1) is 0 Å². The SMILES string of the molecule is CN=C(NCCS(=O)(=O)NCc1ccccc1)N1CCC(N2CCOCC2)C1. The van der Waals surface area contributed by atoms with Gasteiger partial charge in [0.25, 0.3) is 0 Å². The molecule has 8 nitrogen and oxygen atoms in total. The minimum absolute atomic E-state index is 0.0135. The van der Waals surface area contributed by atoms with Gasteiger partial charge in [0.1, 0.15) is 0 Å². The first-order valence-electron chi connectivity index (χ1n) is 9.86. The van der Waals surface area contributed by atoms with Crippen molar-refractivity contribution in [2.45, 2.75) is 19.0 Å². The Morgan fingerprint density at radius 1 is 1.21 bits per heavy atom. The van der Waals surface area contributed by atoms with Gasteiger partial charge < -0.3 is 15.0 Å². The number of rotatable bonds is 7. The van der Waals surface area contributed by atoms with E-state index in [1.54, 1.807) is 7.05 Å². The minimum atomic E-state index is -3.34. The molecule has 0 radical (unpaired) electrons. The standard InChI is InChI=1S/C19H31N5O3S/c1-20-19(24-9-7-18(16-24)23-10-12-27-13-11-23)21-8-14-28(25,26)22-15-17-5-3-2-4-6-17/h2-6,18,22H,7-16H2,1H3,(H,20,21). The molecule has 2 heterocycles. The maximum atomic E-state index is 12.2. The molecule has 1 aromatic rings. The van der Waals surface area contributed by atoms with Crippen molar-refractivity contribution >= 4 is 16.0 Å². The molecule has 2 saturated heterocycles. The van der Waals surface area contributed by atoms with Crippen molar-refractivity contribution in [1.82, 2.24) is 19.8 Å². The summed E-state index contributed by atoms with van der Waals surface area (Å²) in [5.41, 5.74) is 0.945. The van der Waals surface area contributed by atoms with Crippen molar-refractivity contribution in [3.8, 4) is 0 Å². The first-order chi connectivity index (χ1) is 13.6. The Balaban J connectivity index is 1.41. The fraction of sp³-hybridized carbons (Fsp3) is 0.632. The first-order valence-corrected chi connectivity index (χ1v) is 11.5. The lowest BCUT2D eigenvalue weighted by Gasteiger charge is -2.32. The van der Waals surface area contributed by atoms with Crippen molar-refractivity contribution in [2.24, 2.45) is 4.99 Å². The molecule has 0 aliphatic carbocycles. The smallest absolute Gasteiger partial charge is 0.213 e. The van der Waals surface area contributed by atoms with E-state index in [9.17, 15) is 8.42 Å². The molecule has 2 aliphatic rings. The summed E-state index contributed by atoms with van der Waals surface area (Å²) in [7, 11) is -1.60. The fourth-order valence-corrected chi connectivity index (χ4v) is 4.57. The van der Waals surface area contributed by atoms with Crippen molar-refractivity contribution in [1.29, 1.82) is 0 Å². The molecular formula is C19H31N5O3S. The van der Waals surface area contributed by atoms with Crippen LogP contribution in [0.3, 0.4) is 0 Å². The van der Waals surface area contributed by atoms with Crippen molar-refractivity contribution < 1.29 is 13.2 Å². The summed E-state index contributed by atoms with van der Waals surface area (Å²) in [5.74, 6) is 0.786. The highest BCUT2D eigenvalue weighted by Gasteiger charge is 2.30. The number of aliphatic imine (C=N–C) groups is 1. The molecule has 28 heavy (non-hydrogen) atoms. The van der Waals surface area contributed by atoms with Crippen molar-refractivity contribution in [2.75, 3.05) is 58.7 Å². The van der Waals surface area contributed by atoms with Crippen molar-refractivity contribution in [3.63, 3.8) is 0 Å². The Kier molecular flexibility index (Phi) is 7.66. The maximum absolute atomic E-state index is 12.2. The monoisotopic (exact) mass is 409 g/mol. The van der Waals surface area contributed by atoms with Gasteiger partial charge in [0.15, 0.2) is 5.96 Å². The van der Waals surface area contributed by atoms with E-state index in [-0.39, 0.29) is 5.75 Å². The highest BCUT2D eigenvalue weighted by molar-refractivity contribution is 7.89. The average Bonchev–Trinajstić information content (AvgIpc) is 3.21. The van der Waals surface area contributed by atoms with Gasteiger partial charge in [-0.15, -0.1) is 0 Å². The summed E-state index contributed by atoms with van der Waals surface area (Å²) in [5, 5.41) is 3.20. The third-order valence-electron chi connectivity index (χ3n) is 5.23. The molecule has 0 saturated carbocycles. The molecule has 1 aromatic carbocycles. The predicted molar refractivity (Wildman–Crippen MR) is 111 cm³/mol. The average molecular weight is 410 g/mol. The minimum Gasteiger partial charge on any atom is -0.379 e. The van der Waals surface area contributed by atoms with E-state index in [1.165, 1.54) is 0 Å². The number of hydrogen-bond acceptors (Lipinski definition) is 5. The zero-order valence-corrected chi connectivity index (χ0v) is 17.3. The van der Waals surface area contributed by atoms with Gasteiger partial charge in [0.2, 0.25) is 10.0 Å². The predicted octanol–water partition coefficient (Wildman–Crippen LogP) is 0.0879. The number of morpholine rings is 1. The molecule has 2 fully saturated rings. The first kappa shape index (κ1) is 21.0. The Hall–Kier alpha value is -1.68.